The van der Waals surface area contributed by atoms with Gasteiger partial charge in [-0.3, -0.25) is 14.7 Å². The molecule has 0 aliphatic carbocycles. The molecule has 1 spiro atoms. The fourth-order valence-electron chi connectivity index (χ4n) is 5.88. The summed E-state index contributed by atoms with van der Waals surface area (Å²) in [7, 11) is 0. The van der Waals surface area contributed by atoms with Crippen molar-refractivity contribution in [3.63, 3.8) is 0 Å². The molecule has 5 heterocycles. The van der Waals surface area contributed by atoms with Crippen molar-refractivity contribution >= 4 is 11.3 Å². The van der Waals surface area contributed by atoms with E-state index in [1.807, 2.05) is 23.7 Å². The molecule has 4 aromatic rings. The summed E-state index contributed by atoms with van der Waals surface area (Å²) in [5, 5.41) is 2.21. The van der Waals surface area contributed by atoms with Crippen LogP contribution in [0.3, 0.4) is 0 Å². The first-order chi connectivity index (χ1) is 19.1. The van der Waals surface area contributed by atoms with Gasteiger partial charge in [-0.05, 0) is 47.9 Å². The quantitative estimate of drug-likeness (QED) is 0.304. The van der Waals surface area contributed by atoms with Crippen LogP contribution in [0.15, 0.2) is 60.5 Å². The molecule has 3 aromatic heterocycles. The Morgan fingerprint density at radius 3 is 2.18 bits per heavy atom. The second kappa shape index (κ2) is 12.1. The molecule has 2 aliphatic rings. The second-order valence-corrected chi connectivity index (χ2v) is 12.1. The lowest BCUT2D eigenvalue weighted by molar-refractivity contribution is -0.138. The van der Waals surface area contributed by atoms with E-state index in [0.717, 1.165) is 90.0 Å². The molecule has 2 saturated heterocycles. The number of ether oxygens (including phenoxy) is 1. The Balaban J connectivity index is 1.01. The van der Waals surface area contributed by atoms with Gasteiger partial charge in [-0.1, -0.05) is 24.3 Å². The maximum atomic E-state index is 6.43. The zero-order chi connectivity index (χ0) is 26.5. The van der Waals surface area contributed by atoms with Gasteiger partial charge in [0.25, 0.3) is 0 Å². The maximum Gasteiger partial charge on any atom is 0.120 e. The minimum Gasteiger partial charge on any atom is -0.372 e. The van der Waals surface area contributed by atoms with Crippen LogP contribution in [-0.4, -0.2) is 73.0 Å². The number of aromatic amines is 2. The third-order valence-electron chi connectivity index (χ3n) is 8.12. The van der Waals surface area contributed by atoms with Gasteiger partial charge in [-0.15, -0.1) is 11.3 Å². The van der Waals surface area contributed by atoms with E-state index < -0.39 is 0 Å². The second-order valence-electron chi connectivity index (χ2n) is 11.1. The van der Waals surface area contributed by atoms with Gasteiger partial charge in [-0.2, -0.15) is 0 Å². The smallest absolute Gasteiger partial charge is 0.120 e. The average molecular weight is 546 g/mol. The molecule has 0 unspecified atom stereocenters. The van der Waals surface area contributed by atoms with Gasteiger partial charge in [0.1, 0.15) is 11.6 Å². The molecule has 0 bridgehead atoms. The first-order valence-electron chi connectivity index (χ1n) is 14.0. The zero-order valence-electron chi connectivity index (χ0n) is 22.8. The van der Waals surface area contributed by atoms with Gasteiger partial charge in [0, 0.05) is 75.5 Å². The molecule has 0 atom stereocenters. The Morgan fingerprint density at radius 1 is 0.872 bits per heavy atom. The topological polar surface area (TPSA) is 76.3 Å². The van der Waals surface area contributed by atoms with Crippen molar-refractivity contribution in [2.75, 3.05) is 32.8 Å². The fraction of sp³-hybridized carbons (Fsp3) is 0.467. The molecule has 0 radical (unpaired) electrons. The summed E-state index contributed by atoms with van der Waals surface area (Å²) in [5.41, 5.74) is 4.11. The van der Waals surface area contributed by atoms with Crippen LogP contribution in [0.25, 0.3) is 0 Å². The number of benzene rings is 1. The molecule has 0 saturated carbocycles. The summed E-state index contributed by atoms with van der Waals surface area (Å²) < 4.78 is 6.43. The Labute approximate surface area is 235 Å². The van der Waals surface area contributed by atoms with Gasteiger partial charge in [0.15, 0.2) is 0 Å². The van der Waals surface area contributed by atoms with E-state index in [1.54, 1.807) is 12.4 Å². The van der Waals surface area contributed by atoms with E-state index in [2.05, 4.69) is 77.3 Å². The predicted molar refractivity (Wildman–Crippen MR) is 154 cm³/mol. The number of hydrogen-bond donors (Lipinski definition) is 2. The van der Waals surface area contributed by atoms with Crippen LogP contribution in [0.5, 0.6) is 0 Å². The lowest BCUT2D eigenvalue weighted by Gasteiger charge is -2.47. The van der Waals surface area contributed by atoms with Gasteiger partial charge in [-0.25, -0.2) is 9.97 Å². The number of morpholine rings is 1. The van der Waals surface area contributed by atoms with Gasteiger partial charge < -0.3 is 14.7 Å². The third-order valence-corrected chi connectivity index (χ3v) is 9.13. The first kappa shape index (κ1) is 26.4. The number of hydrogen-bond acceptors (Lipinski definition) is 7. The third kappa shape index (κ3) is 6.85. The van der Waals surface area contributed by atoms with Gasteiger partial charge in [0.05, 0.1) is 25.3 Å². The van der Waals surface area contributed by atoms with Crippen LogP contribution in [0.2, 0.25) is 0 Å². The largest absolute Gasteiger partial charge is 0.372 e. The molecule has 206 valence electrons. The summed E-state index contributed by atoms with van der Waals surface area (Å²) in [6.45, 7) is 11.7. The van der Waals surface area contributed by atoms with Crippen molar-refractivity contribution in [3.8, 4) is 0 Å². The first-order valence-corrected chi connectivity index (χ1v) is 14.9. The van der Waals surface area contributed by atoms with Crippen LogP contribution in [-0.2, 0) is 37.5 Å². The van der Waals surface area contributed by atoms with Gasteiger partial charge >= 0.3 is 0 Å². The Kier molecular flexibility index (Phi) is 8.22. The average Bonchev–Trinajstić information content (AvgIpc) is 3.72. The Morgan fingerprint density at radius 2 is 1.56 bits per heavy atom. The van der Waals surface area contributed by atoms with Crippen molar-refractivity contribution in [1.29, 1.82) is 0 Å². The molecule has 9 heteroatoms. The zero-order valence-corrected chi connectivity index (χ0v) is 23.6. The van der Waals surface area contributed by atoms with Crippen molar-refractivity contribution in [1.82, 2.24) is 34.6 Å². The molecular formula is C30H39N7OS. The lowest BCUT2D eigenvalue weighted by Crippen LogP contribution is -2.56. The van der Waals surface area contributed by atoms with E-state index >= 15 is 0 Å². The van der Waals surface area contributed by atoms with Crippen LogP contribution < -0.4 is 0 Å². The van der Waals surface area contributed by atoms with Crippen LogP contribution >= 0.6 is 11.3 Å². The van der Waals surface area contributed by atoms with Crippen LogP contribution in [0.4, 0.5) is 0 Å². The van der Waals surface area contributed by atoms with E-state index in [0.29, 0.717) is 0 Å². The predicted octanol–water partition coefficient (Wildman–Crippen LogP) is 4.57. The van der Waals surface area contributed by atoms with Gasteiger partial charge in [0.2, 0.25) is 0 Å². The number of likely N-dealkylation sites (tertiary alicyclic amines) is 1. The highest BCUT2D eigenvalue weighted by atomic mass is 32.1. The van der Waals surface area contributed by atoms with E-state index in [1.165, 1.54) is 21.6 Å². The minimum absolute atomic E-state index is 0.0230. The summed E-state index contributed by atoms with van der Waals surface area (Å²) >= 11 is 1.88. The van der Waals surface area contributed by atoms with E-state index in [4.69, 9.17) is 4.74 Å². The highest BCUT2D eigenvalue weighted by Crippen LogP contribution is 2.32. The molecule has 2 N–H and O–H groups in total. The minimum atomic E-state index is 0.0230. The number of aromatic nitrogens is 4. The highest BCUT2D eigenvalue weighted by Gasteiger charge is 2.39. The number of imidazole rings is 2. The molecule has 2 fully saturated rings. The fourth-order valence-corrected chi connectivity index (χ4v) is 6.82. The van der Waals surface area contributed by atoms with E-state index in [9.17, 15) is 0 Å². The normalized spacial score (nSPS) is 18.3. The molecule has 1 aromatic carbocycles. The number of nitrogens with zero attached hydrogens (tertiary/aromatic N) is 5. The van der Waals surface area contributed by atoms with Crippen molar-refractivity contribution in [2.24, 2.45) is 0 Å². The summed E-state index contributed by atoms with van der Waals surface area (Å²) in [6.07, 6.45) is 9.58. The van der Waals surface area contributed by atoms with E-state index in [-0.39, 0.29) is 5.60 Å². The summed E-state index contributed by atoms with van der Waals surface area (Å²) in [6, 6.07) is 11.4. The molecule has 0 amide bonds. The number of rotatable bonds is 10. The number of thiophene rings is 1. The molecule has 8 nitrogen and oxygen atoms in total. The van der Waals surface area contributed by atoms with Crippen molar-refractivity contribution in [2.45, 2.75) is 58.1 Å². The molecule has 2 aliphatic heterocycles. The Hall–Kier alpha value is -2.82. The van der Waals surface area contributed by atoms with Crippen LogP contribution in [0.1, 0.15) is 46.1 Å². The summed E-state index contributed by atoms with van der Waals surface area (Å²) in [4.78, 5) is 24.3. The molecular weight excluding hydrogens is 506 g/mol. The number of piperidine rings is 1. The highest BCUT2D eigenvalue weighted by molar-refractivity contribution is 7.10. The number of aryl methyl sites for hydroxylation is 1. The number of nitrogens with one attached hydrogen (secondary N) is 2. The monoisotopic (exact) mass is 545 g/mol. The lowest BCUT2D eigenvalue weighted by atomic mass is 9.89. The van der Waals surface area contributed by atoms with Crippen LogP contribution in [0, 0.1) is 6.92 Å². The maximum absolute atomic E-state index is 6.43. The molecule has 39 heavy (non-hydrogen) atoms. The SMILES string of the molecule is Cc1ccsc1CN1CCOC2(CCN(Cc3ccc(CN(Cc4ncc[nH]4)Cc4ncc[nH]4)cc3)CC2)C1. The summed E-state index contributed by atoms with van der Waals surface area (Å²) in [5.74, 6) is 1.93. The Bertz CT molecular complexity index is 1240. The van der Waals surface area contributed by atoms with Crippen molar-refractivity contribution < 1.29 is 4.74 Å². The molecule has 6 rings (SSSR count). The van der Waals surface area contributed by atoms with Crippen molar-refractivity contribution in [3.05, 3.63) is 93.7 Å². The standard InChI is InChI=1S/C30H39N7OS/c1-24-6-17-39-27(24)20-36-15-16-38-30(23-36)7-13-35(14-8-30)18-25-2-4-26(5-3-25)19-37(21-28-31-9-10-32-28)22-29-33-11-12-34-29/h2-6,9-12,17H,7-8,13-16,18-23H2,1H3,(H,31,32)(H,33,34). The number of H-pyrrole nitrogens is 2.